The number of hydrogen-bond donors (Lipinski definition) is 2. The van der Waals surface area contributed by atoms with Crippen LogP contribution in [0.15, 0.2) is 48.5 Å². The number of amides is 3. The number of carbonyl (C=O) groups is 3. The summed E-state index contributed by atoms with van der Waals surface area (Å²) >= 11 is 0. The topological polar surface area (TPSA) is 87.7 Å². The molecule has 1 saturated heterocycles. The number of ether oxygens (including phenoxy) is 1. The van der Waals surface area contributed by atoms with Gasteiger partial charge in [-0.2, -0.15) is 0 Å². The number of piperidine rings is 1. The number of nitrogens with zero attached hydrogens (tertiary/aromatic N) is 1. The summed E-state index contributed by atoms with van der Waals surface area (Å²) in [6.07, 6.45) is 1.97. The van der Waals surface area contributed by atoms with Gasteiger partial charge in [0.05, 0.1) is 5.56 Å². The first-order valence-corrected chi connectivity index (χ1v) is 10.7. The van der Waals surface area contributed by atoms with E-state index in [4.69, 9.17) is 4.74 Å². The molecule has 0 aromatic heterocycles. The van der Waals surface area contributed by atoms with E-state index in [1.165, 1.54) is 18.2 Å². The normalized spacial score (nSPS) is 14.1. The van der Waals surface area contributed by atoms with Crippen LogP contribution in [0, 0.1) is 11.7 Å². The highest BCUT2D eigenvalue weighted by atomic mass is 19.1. The van der Waals surface area contributed by atoms with Gasteiger partial charge in [0.15, 0.2) is 0 Å². The van der Waals surface area contributed by atoms with Gasteiger partial charge in [-0.3, -0.25) is 14.4 Å². The summed E-state index contributed by atoms with van der Waals surface area (Å²) in [4.78, 5) is 39.2. The molecule has 0 spiro atoms. The van der Waals surface area contributed by atoms with Gasteiger partial charge in [-0.05, 0) is 49.6 Å². The van der Waals surface area contributed by atoms with Gasteiger partial charge in [0.25, 0.3) is 11.8 Å². The lowest BCUT2D eigenvalue weighted by Crippen LogP contribution is -2.43. The summed E-state index contributed by atoms with van der Waals surface area (Å²) in [5.74, 6) is -1.43. The molecule has 3 rings (SSSR count). The van der Waals surface area contributed by atoms with Crippen LogP contribution in [-0.4, -0.2) is 56.0 Å². The third-order valence-corrected chi connectivity index (χ3v) is 5.46. The van der Waals surface area contributed by atoms with Crippen LogP contribution >= 0.6 is 0 Å². The first-order chi connectivity index (χ1) is 15.5. The molecule has 1 heterocycles. The van der Waals surface area contributed by atoms with E-state index in [9.17, 15) is 18.8 Å². The van der Waals surface area contributed by atoms with Crippen LogP contribution < -0.4 is 10.6 Å². The summed E-state index contributed by atoms with van der Waals surface area (Å²) in [5, 5.41) is 5.55. The summed E-state index contributed by atoms with van der Waals surface area (Å²) in [6.45, 7) is 2.16. The molecule has 2 aromatic rings. The molecule has 2 aromatic carbocycles. The fraction of sp³-hybridized carbons (Fsp3) is 0.375. The van der Waals surface area contributed by atoms with Gasteiger partial charge >= 0.3 is 0 Å². The van der Waals surface area contributed by atoms with Crippen LogP contribution in [0.25, 0.3) is 0 Å². The number of rotatable bonds is 8. The lowest BCUT2D eigenvalue weighted by Gasteiger charge is -2.31. The highest BCUT2D eigenvalue weighted by Gasteiger charge is 2.27. The van der Waals surface area contributed by atoms with E-state index in [-0.39, 0.29) is 23.3 Å². The molecule has 8 heteroatoms. The second-order valence-corrected chi connectivity index (χ2v) is 7.72. The average molecular weight is 442 g/mol. The molecule has 1 aliphatic heterocycles. The number of nitrogens with one attached hydrogen (secondary N) is 2. The predicted molar refractivity (Wildman–Crippen MR) is 119 cm³/mol. The van der Waals surface area contributed by atoms with Crippen molar-refractivity contribution in [2.75, 3.05) is 38.7 Å². The van der Waals surface area contributed by atoms with Crippen molar-refractivity contribution >= 4 is 23.4 Å². The Balaban J connectivity index is 1.54. The molecular formula is C24H28FN3O4. The largest absolute Gasteiger partial charge is 0.385 e. The van der Waals surface area contributed by atoms with Crippen LogP contribution in [0.2, 0.25) is 0 Å². The monoisotopic (exact) mass is 441 g/mol. The first kappa shape index (κ1) is 23.4. The molecule has 0 radical (unpaired) electrons. The quantitative estimate of drug-likeness (QED) is 0.617. The molecule has 0 bridgehead atoms. The molecule has 0 saturated carbocycles. The Hall–Kier alpha value is -3.26. The predicted octanol–water partition coefficient (Wildman–Crippen LogP) is 3.08. The van der Waals surface area contributed by atoms with Crippen LogP contribution in [0.5, 0.6) is 0 Å². The van der Waals surface area contributed by atoms with Crippen molar-refractivity contribution < 1.29 is 23.5 Å². The molecule has 0 aliphatic carbocycles. The Labute approximate surface area is 186 Å². The minimum Gasteiger partial charge on any atom is -0.385 e. The van der Waals surface area contributed by atoms with E-state index in [0.717, 1.165) is 6.42 Å². The molecule has 1 aliphatic rings. The van der Waals surface area contributed by atoms with Crippen LogP contribution in [0.1, 0.15) is 40.0 Å². The minimum atomic E-state index is -0.608. The summed E-state index contributed by atoms with van der Waals surface area (Å²) < 4.78 is 18.8. The van der Waals surface area contributed by atoms with Gasteiger partial charge in [0.2, 0.25) is 5.91 Å². The maximum absolute atomic E-state index is 13.8. The second kappa shape index (κ2) is 11.4. The summed E-state index contributed by atoms with van der Waals surface area (Å²) in [7, 11) is 1.63. The third kappa shape index (κ3) is 6.13. The smallest absolute Gasteiger partial charge is 0.258 e. The number of halogens is 1. The first-order valence-electron chi connectivity index (χ1n) is 10.7. The number of likely N-dealkylation sites (tertiary alicyclic amines) is 1. The van der Waals surface area contributed by atoms with E-state index in [0.29, 0.717) is 50.3 Å². The average Bonchev–Trinajstić information content (AvgIpc) is 2.81. The van der Waals surface area contributed by atoms with Crippen LogP contribution in [0.4, 0.5) is 10.1 Å². The molecule has 7 nitrogen and oxygen atoms in total. The number of benzene rings is 2. The summed E-state index contributed by atoms with van der Waals surface area (Å²) in [5.41, 5.74) is 0.778. The van der Waals surface area contributed by atoms with Gasteiger partial charge in [0, 0.05) is 50.5 Å². The Kier molecular flexibility index (Phi) is 8.33. The van der Waals surface area contributed by atoms with Crippen molar-refractivity contribution in [2.45, 2.75) is 19.3 Å². The van der Waals surface area contributed by atoms with Crippen molar-refractivity contribution in [3.63, 3.8) is 0 Å². The number of anilines is 1. The Morgan fingerprint density at radius 1 is 1.09 bits per heavy atom. The number of carbonyl (C=O) groups excluding carboxylic acids is 3. The maximum atomic E-state index is 13.8. The zero-order chi connectivity index (χ0) is 22.9. The molecule has 3 amide bonds. The van der Waals surface area contributed by atoms with Gasteiger partial charge in [-0.25, -0.2) is 4.39 Å². The Morgan fingerprint density at radius 2 is 1.84 bits per heavy atom. The van der Waals surface area contributed by atoms with Crippen molar-refractivity contribution in [3.05, 3.63) is 65.5 Å². The van der Waals surface area contributed by atoms with Crippen molar-refractivity contribution in [1.29, 1.82) is 0 Å². The van der Waals surface area contributed by atoms with Crippen LogP contribution in [-0.2, 0) is 9.53 Å². The van der Waals surface area contributed by atoms with Crippen molar-refractivity contribution in [2.24, 2.45) is 5.92 Å². The lowest BCUT2D eigenvalue weighted by atomic mass is 9.95. The van der Waals surface area contributed by atoms with Crippen molar-refractivity contribution in [3.8, 4) is 0 Å². The fourth-order valence-electron chi connectivity index (χ4n) is 3.67. The third-order valence-electron chi connectivity index (χ3n) is 5.46. The minimum absolute atomic E-state index is 0.0195. The maximum Gasteiger partial charge on any atom is 0.258 e. The Morgan fingerprint density at radius 3 is 2.56 bits per heavy atom. The second-order valence-electron chi connectivity index (χ2n) is 7.72. The zero-order valence-corrected chi connectivity index (χ0v) is 18.1. The molecule has 2 N–H and O–H groups in total. The SMILES string of the molecule is COCCCNC(=O)C1CCN(C(=O)c2cccc(NC(=O)c3ccccc3F)c2)CC1. The zero-order valence-electron chi connectivity index (χ0n) is 18.1. The molecule has 0 unspecified atom stereocenters. The van der Waals surface area contributed by atoms with E-state index >= 15 is 0 Å². The van der Waals surface area contributed by atoms with Crippen molar-refractivity contribution in [1.82, 2.24) is 10.2 Å². The molecule has 170 valence electrons. The van der Waals surface area contributed by atoms with E-state index in [1.807, 2.05) is 0 Å². The highest BCUT2D eigenvalue weighted by molar-refractivity contribution is 6.05. The van der Waals surface area contributed by atoms with E-state index < -0.39 is 11.7 Å². The van der Waals surface area contributed by atoms with E-state index in [2.05, 4.69) is 10.6 Å². The Bertz CT molecular complexity index is 958. The van der Waals surface area contributed by atoms with Gasteiger partial charge in [-0.15, -0.1) is 0 Å². The molecule has 0 atom stereocenters. The van der Waals surface area contributed by atoms with Gasteiger partial charge in [-0.1, -0.05) is 18.2 Å². The van der Waals surface area contributed by atoms with Gasteiger partial charge < -0.3 is 20.3 Å². The highest BCUT2D eigenvalue weighted by Crippen LogP contribution is 2.21. The molecular weight excluding hydrogens is 413 g/mol. The standard InChI is InChI=1S/C24H28FN3O4/c1-32-15-5-12-26-22(29)17-10-13-28(14-11-17)24(31)18-6-4-7-19(16-18)27-23(30)20-8-2-3-9-21(20)25/h2-4,6-9,16-17H,5,10-15H2,1H3,(H,26,29)(H,27,30). The van der Waals surface area contributed by atoms with Crippen LogP contribution in [0.3, 0.4) is 0 Å². The lowest BCUT2D eigenvalue weighted by molar-refractivity contribution is -0.126. The molecule has 32 heavy (non-hydrogen) atoms. The number of methoxy groups -OCH3 is 1. The number of hydrogen-bond acceptors (Lipinski definition) is 4. The van der Waals surface area contributed by atoms with E-state index in [1.54, 1.807) is 42.3 Å². The molecule has 1 fully saturated rings. The van der Waals surface area contributed by atoms with Gasteiger partial charge in [0.1, 0.15) is 5.82 Å². The summed E-state index contributed by atoms with van der Waals surface area (Å²) in [6, 6.07) is 12.3. The fourth-order valence-corrected chi connectivity index (χ4v) is 3.67.